The molecule has 0 radical (unpaired) electrons. The van der Waals surface area contributed by atoms with E-state index in [2.05, 4.69) is 34.1 Å². The predicted molar refractivity (Wildman–Crippen MR) is 132 cm³/mol. The number of hydrogen-bond acceptors (Lipinski definition) is 5. The largest absolute Gasteiger partial charge is 0.322 e. The van der Waals surface area contributed by atoms with Crippen LogP contribution in [0.3, 0.4) is 0 Å². The van der Waals surface area contributed by atoms with Crippen LogP contribution >= 0.6 is 11.3 Å². The third-order valence-corrected chi connectivity index (χ3v) is 7.79. The Hall–Kier alpha value is -3.23. The van der Waals surface area contributed by atoms with Gasteiger partial charge in [0.2, 0.25) is 10.0 Å². The molecule has 6 nitrogen and oxygen atoms in total. The topological polar surface area (TPSA) is 88.2 Å². The van der Waals surface area contributed by atoms with Crippen LogP contribution in [-0.4, -0.2) is 24.6 Å². The summed E-state index contributed by atoms with van der Waals surface area (Å²) in [5.74, 6) is -0.272. The van der Waals surface area contributed by atoms with Crippen LogP contribution < -0.4 is 10.0 Å². The summed E-state index contributed by atoms with van der Waals surface area (Å²) in [7, 11) is -3.43. The van der Waals surface area contributed by atoms with Gasteiger partial charge in [0.1, 0.15) is 5.01 Å². The van der Waals surface area contributed by atoms with Crippen molar-refractivity contribution in [3.05, 3.63) is 77.9 Å². The van der Waals surface area contributed by atoms with E-state index < -0.39 is 15.3 Å². The van der Waals surface area contributed by atoms with Crippen molar-refractivity contribution in [2.75, 3.05) is 10.0 Å². The second-order valence-corrected chi connectivity index (χ2v) is 11.1. The van der Waals surface area contributed by atoms with Crippen molar-refractivity contribution in [1.82, 2.24) is 4.98 Å². The first-order valence-corrected chi connectivity index (χ1v) is 12.5. The van der Waals surface area contributed by atoms with E-state index >= 15 is 0 Å². The number of anilines is 2. The first kappa shape index (κ1) is 22.0. The summed E-state index contributed by atoms with van der Waals surface area (Å²) in [6, 6.07) is 20.1. The molecule has 2 N–H and O–H groups in total. The Morgan fingerprint density at radius 1 is 0.938 bits per heavy atom. The SMILES string of the molecule is Cc1ccc2nc(-c3ccc(NC(=O)c4ccc(NS(=O)(=O)C(C)C)cc4)cc3)sc2c1. The first-order chi connectivity index (χ1) is 15.2. The molecule has 0 unspecified atom stereocenters. The number of nitrogens with one attached hydrogen (secondary N) is 2. The van der Waals surface area contributed by atoms with E-state index in [0.717, 1.165) is 20.8 Å². The van der Waals surface area contributed by atoms with E-state index in [9.17, 15) is 13.2 Å². The van der Waals surface area contributed by atoms with E-state index in [1.165, 1.54) is 5.56 Å². The average molecular weight is 466 g/mol. The summed E-state index contributed by atoms with van der Waals surface area (Å²) in [5.41, 5.74) is 4.70. The molecule has 164 valence electrons. The zero-order valence-corrected chi connectivity index (χ0v) is 19.5. The second-order valence-electron chi connectivity index (χ2n) is 7.79. The summed E-state index contributed by atoms with van der Waals surface area (Å²) in [5, 5.41) is 3.25. The summed E-state index contributed by atoms with van der Waals surface area (Å²) >= 11 is 1.64. The van der Waals surface area contributed by atoms with E-state index in [-0.39, 0.29) is 5.91 Å². The molecule has 0 aliphatic rings. The molecule has 3 aromatic carbocycles. The van der Waals surface area contributed by atoms with Gasteiger partial charge in [-0.2, -0.15) is 0 Å². The molecule has 32 heavy (non-hydrogen) atoms. The van der Waals surface area contributed by atoms with Gasteiger partial charge in [-0.1, -0.05) is 6.07 Å². The quantitative estimate of drug-likeness (QED) is 0.384. The number of amides is 1. The van der Waals surface area contributed by atoms with Gasteiger partial charge in [0.15, 0.2) is 0 Å². The van der Waals surface area contributed by atoms with E-state index in [4.69, 9.17) is 0 Å². The minimum atomic E-state index is -3.43. The molecule has 1 heterocycles. The molecule has 4 aromatic rings. The molecule has 0 aliphatic carbocycles. The van der Waals surface area contributed by atoms with Gasteiger partial charge in [-0.25, -0.2) is 13.4 Å². The van der Waals surface area contributed by atoms with Crippen molar-refractivity contribution in [2.24, 2.45) is 0 Å². The number of thiazole rings is 1. The lowest BCUT2D eigenvalue weighted by atomic mass is 10.1. The number of carbonyl (C=O) groups is 1. The number of hydrogen-bond donors (Lipinski definition) is 2. The lowest BCUT2D eigenvalue weighted by Gasteiger charge is -2.11. The highest BCUT2D eigenvalue weighted by molar-refractivity contribution is 7.93. The molecular formula is C24H23N3O3S2. The van der Waals surface area contributed by atoms with Crippen molar-refractivity contribution < 1.29 is 13.2 Å². The minimum Gasteiger partial charge on any atom is -0.322 e. The maximum atomic E-state index is 12.6. The van der Waals surface area contributed by atoms with Gasteiger partial charge in [-0.15, -0.1) is 11.3 Å². The molecular weight excluding hydrogens is 442 g/mol. The van der Waals surface area contributed by atoms with Crippen LogP contribution in [0.5, 0.6) is 0 Å². The number of carbonyl (C=O) groups excluding carboxylic acids is 1. The molecule has 1 amide bonds. The van der Waals surface area contributed by atoms with Crippen molar-refractivity contribution in [2.45, 2.75) is 26.0 Å². The summed E-state index contributed by atoms with van der Waals surface area (Å²) in [6.07, 6.45) is 0. The van der Waals surface area contributed by atoms with Crippen LogP contribution in [0.15, 0.2) is 66.7 Å². The average Bonchev–Trinajstić information content (AvgIpc) is 3.17. The second kappa shape index (κ2) is 8.72. The Morgan fingerprint density at radius 3 is 2.25 bits per heavy atom. The lowest BCUT2D eigenvalue weighted by Crippen LogP contribution is -2.22. The fourth-order valence-electron chi connectivity index (χ4n) is 3.03. The number of sulfonamides is 1. The van der Waals surface area contributed by atoms with Gasteiger partial charge in [0.25, 0.3) is 5.91 Å². The van der Waals surface area contributed by atoms with Gasteiger partial charge < -0.3 is 5.32 Å². The smallest absolute Gasteiger partial charge is 0.255 e. The maximum absolute atomic E-state index is 12.6. The van der Waals surface area contributed by atoms with Gasteiger partial charge in [0.05, 0.1) is 15.5 Å². The van der Waals surface area contributed by atoms with E-state index in [1.54, 1.807) is 49.4 Å². The molecule has 8 heteroatoms. The summed E-state index contributed by atoms with van der Waals surface area (Å²) < 4.78 is 27.6. The minimum absolute atomic E-state index is 0.272. The monoisotopic (exact) mass is 465 g/mol. The van der Waals surface area contributed by atoms with Gasteiger partial charge >= 0.3 is 0 Å². The van der Waals surface area contributed by atoms with Gasteiger partial charge in [-0.05, 0) is 87.0 Å². The van der Waals surface area contributed by atoms with Crippen molar-refractivity contribution in [3.63, 3.8) is 0 Å². The Labute approximate surface area is 191 Å². The Balaban J connectivity index is 1.44. The van der Waals surface area contributed by atoms with Crippen LogP contribution in [0, 0.1) is 6.92 Å². The number of aromatic nitrogens is 1. The summed E-state index contributed by atoms with van der Waals surface area (Å²) in [6.45, 7) is 5.27. The lowest BCUT2D eigenvalue weighted by molar-refractivity contribution is 0.102. The zero-order valence-electron chi connectivity index (χ0n) is 17.9. The molecule has 1 aromatic heterocycles. The molecule has 0 fully saturated rings. The first-order valence-electron chi connectivity index (χ1n) is 10.1. The van der Waals surface area contributed by atoms with Gasteiger partial charge in [0, 0.05) is 22.5 Å². The molecule has 0 aliphatic heterocycles. The number of nitrogens with zero attached hydrogens (tertiary/aromatic N) is 1. The third-order valence-electron chi connectivity index (χ3n) is 4.96. The number of benzene rings is 3. The highest BCUT2D eigenvalue weighted by Crippen LogP contribution is 2.31. The maximum Gasteiger partial charge on any atom is 0.255 e. The Bertz CT molecular complexity index is 1370. The molecule has 0 atom stereocenters. The van der Waals surface area contributed by atoms with E-state index in [0.29, 0.717) is 16.9 Å². The van der Waals surface area contributed by atoms with Gasteiger partial charge in [-0.3, -0.25) is 9.52 Å². The van der Waals surface area contributed by atoms with Crippen LogP contribution in [0.4, 0.5) is 11.4 Å². The van der Waals surface area contributed by atoms with Crippen LogP contribution in [0.1, 0.15) is 29.8 Å². The van der Waals surface area contributed by atoms with E-state index in [1.807, 2.05) is 30.3 Å². The fourth-order valence-corrected chi connectivity index (χ4v) is 4.80. The fraction of sp³-hybridized carbons (Fsp3) is 0.167. The zero-order chi connectivity index (χ0) is 22.9. The third kappa shape index (κ3) is 4.81. The molecule has 4 rings (SSSR count). The highest BCUT2D eigenvalue weighted by atomic mass is 32.2. The standard InChI is InChI=1S/C24H23N3O3S2/c1-15(2)32(29,30)27-20-11-5-17(6-12-20)23(28)25-19-9-7-18(8-10-19)24-26-21-13-4-16(3)14-22(21)31-24/h4-15,27H,1-3H3,(H,25,28). The molecule has 0 spiro atoms. The molecule has 0 bridgehead atoms. The Kier molecular flexibility index (Phi) is 5.99. The van der Waals surface area contributed by atoms with Crippen LogP contribution in [0.25, 0.3) is 20.8 Å². The van der Waals surface area contributed by atoms with Crippen LogP contribution in [-0.2, 0) is 10.0 Å². The summed E-state index contributed by atoms with van der Waals surface area (Å²) in [4.78, 5) is 17.3. The number of fused-ring (bicyclic) bond motifs is 1. The van der Waals surface area contributed by atoms with Crippen molar-refractivity contribution in [3.8, 4) is 10.6 Å². The number of rotatable bonds is 6. The highest BCUT2D eigenvalue weighted by Gasteiger charge is 2.16. The molecule has 0 saturated heterocycles. The Morgan fingerprint density at radius 2 is 1.59 bits per heavy atom. The van der Waals surface area contributed by atoms with Crippen molar-refractivity contribution in [1.29, 1.82) is 0 Å². The van der Waals surface area contributed by atoms with Crippen molar-refractivity contribution >= 4 is 48.9 Å². The van der Waals surface area contributed by atoms with Crippen LogP contribution in [0.2, 0.25) is 0 Å². The predicted octanol–water partition coefficient (Wildman–Crippen LogP) is 5.67. The normalized spacial score (nSPS) is 11.6. The molecule has 0 saturated carbocycles. The number of aryl methyl sites for hydroxylation is 1.